The van der Waals surface area contributed by atoms with Gasteiger partial charge in [0, 0.05) is 18.6 Å². The van der Waals surface area contributed by atoms with Crippen LogP contribution in [0.2, 0.25) is 0 Å². The van der Waals surface area contributed by atoms with E-state index in [1.165, 1.54) is 5.56 Å². The predicted molar refractivity (Wildman–Crippen MR) is 66.8 cm³/mol. The Morgan fingerprint density at radius 3 is 2.27 bits per heavy atom. The first-order valence-electron chi connectivity index (χ1n) is 5.44. The highest BCUT2D eigenvalue weighted by atomic mass is 15.2. The zero-order valence-electron chi connectivity index (χ0n) is 10.0. The summed E-state index contributed by atoms with van der Waals surface area (Å²) < 4.78 is 0. The van der Waals surface area contributed by atoms with E-state index in [0.29, 0.717) is 0 Å². The monoisotopic (exact) mass is 203 g/mol. The van der Waals surface area contributed by atoms with Gasteiger partial charge < -0.3 is 0 Å². The number of nitrogens with zero attached hydrogens (tertiary/aromatic N) is 1. The molecule has 0 unspecified atom stereocenters. The first kappa shape index (κ1) is 12.0. The molecule has 0 atom stereocenters. The van der Waals surface area contributed by atoms with Crippen molar-refractivity contribution >= 4 is 0 Å². The molecule has 0 aliphatic rings. The fraction of sp³-hybridized carbons (Fsp3) is 0.429. The molecule has 1 heteroatoms. The summed E-state index contributed by atoms with van der Waals surface area (Å²) >= 11 is 0. The molecule has 0 N–H and O–H groups in total. The lowest BCUT2D eigenvalue weighted by atomic mass is 10.0. The summed E-state index contributed by atoms with van der Waals surface area (Å²) in [4.78, 5) is 2.41. The van der Waals surface area contributed by atoms with Crippen LogP contribution in [0.4, 0.5) is 0 Å². The van der Waals surface area contributed by atoms with E-state index in [-0.39, 0.29) is 5.54 Å². The van der Waals surface area contributed by atoms with Crippen molar-refractivity contribution < 1.29 is 0 Å². The van der Waals surface area contributed by atoms with Crippen molar-refractivity contribution in [3.63, 3.8) is 0 Å². The maximum atomic E-state index is 3.81. The lowest BCUT2D eigenvalue weighted by Gasteiger charge is -2.34. The molecule has 0 aliphatic carbocycles. The zero-order valence-corrected chi connectivity index (χ0v) is 10.0. The van der Waals surface area contributed by atoms with Crippen LogP contribution >= 0.6 is 0 Å². The third-order valence-corrected chi connectivity index (χ3v) is 2.51. The Hall–Kier alpha value is -1.08. The van der Waals surface area contributed by atoms with Gasteiger partial charge in [-0.1, -0.05) is 36.4 Å². The molecule has 1 nitrogen and oxygen atoms in total. The Labute approximate surface area is 93.4 Å². The van der Waals surface area contributed by atoms with Gasteiger partial charge in [-0.2, -0.15) is 0 Å². The lowest BCUT2D eigenvalue weighted by molar-refractivity contribution is 0.145. The molecule has 0 heterocycles. The van der Waals surface area contributed by atoms with Gasteiger partial charge in [-0.05, 0) is 26.3 Å². The quantitative estimate of drug-likeness (QED) is 0.677. The second-order valence-corrected chi connectivity index (χ2v) is 4.83. The smallest absolute Gasteiger partial charge is 0.0242 e. The molecule has 1 aromatic carbocycles. The third kappa shape index (κ3) is 3.88. The molecule has 0 aliphatic heterocycles. The average Bonchev–Trinajstić information content (AvgIpc) is 2.17. The Bertz CT molecular complexity index is 295. The minimum absolute atomic E-state index is 0.185. The summed E-state index contributed by atoms with van der Waals surface area (Å²) in [6, 6.07) is 10.6. The van der Waals surface area contributed by atoms with Crippen LogP contribution in [0.15, 0.2) is 43.0 Å². The highest BCUT2D eigenvalue weighted by Crippen LogP contribution is 2.16. The van der Waals surface area contributed by atoms with Crippen LogP contribution in [0, 0.1) is 0 Å². The molecule has 0 saturated heterocycles. The summed E-state index contributed by atoms with van der Waals surface area (Å²) in [7, 11) is 0. The topological polar surface area (TPSA) is 3.24 Å². The van der Waals surface area contributed by atoms with Crippen LogP contribution in [-0.2, 0) is 6.54 Å². The van der Waals surface area contributed by atoms with E-state index in [1.54, 1.807) is 0 Å². The Morgan fingerprint density at radius 2 is 1.80 bits per heavy atom. The molecule has 0 saturated carbocycles. The molecule has 0 bridgehead atoms. The van der Waals surface area contributed by atoms with Crippen molar-refractivity contribution in [2.75, 3.05) is 6.54 Å². The minimum Gasteiger partial charge on any atom is -0.291 e. The van der Waals surface area contributed by atoms with Gasteiger partial charge in [0.05, 0.1) is 0 Å². The standard InChI is InChI=1S/C14H21N/c1-5-11-15(14(2,3)4)12-13-9-7-6-8-10-13/h5-10H,1,11-12H2,2-4H3. The van der Waals surface area contributed by atoms with Crippen molar-refractivity contribution in [1.29, 1.82) is 0 Å². The SMILES string of the molecule is C=CCN(Cc1ccccc1)C(C)(C)C. The predicted octanol–water partition coefficient (Wildman–Crippen LogP) is 3.47. The summed E-state index contributed by atoms with van der Waals surface area (Å²) in [6.45, 7) is 12.4. The van der Waals surface area contributed by atoms with E-state index >= 15 is 0 Å². The third-order valence-electron chi connectivity index (χ3n) is 2.51. The van der Waals surface area contributed by atoms with Gasteiger partial charge in [0.15, 0.2) is 0 Å². The molecule has 1 aromatic rings. The van der Waals surface area contributed by atoms with Crippen molar-refractivity contribution in [3.05, 3.63) is 48.6 Å². The van der Waals surface area contributed by atoms with Gasteiger partial charge >= 0.3 is 0 Å². The van der Waals surface area contributed by atoms with Gasteiger partial charge in [-0.15, -0.1) is 6.58 Å². The van der Waals surface area contributed by atoms with Gasteiger partial charge in [0.2, 0.25) is 0 Å². The number of rotatable bonds is 4. The number of hydrogen-bond acceptors (Lipinski definition) is 1. The molecule has 0 radical (unpaired) electrons. The molecule has 82 valence electrons. The van der Waals surface area contributed by atoms with E-state index in [2.05, 4.69) is 62.6 Å². The van der Waals surface area contributed by atoms with Crippen molar-refractivity contribution in [1.82, 2.24) is 4.90 Å². The maximum absolute atomic E-state index is 3.81. The molecular formula is C14H21N. The van der Waals surface area contributed by atoms with E-state index in [0.717, 1.165) is 13.1 Å². The van der Waals surface area contributed by atoms with Crippen LogP contribution in [0.1, 0.15) is 26.3 Å². The van der Waals surface area contributed by atoms with E-state index in [4.69, 9.17) is 0 Å². The number of hydrogen-bond donors (Lipinski definition) is 0. The molecule has 0 aromatic heterocycles. The van der Waals surface area contributed by atoms with Gasteiger partial charge in [0.25, 0.3) is 0 Å². The normalized spacial score (nSPS) is 11.7. The van der Waals surface area contributed by atoms with E-state index < -0.39 is 0 Å². The van der Waals surface area contributed by atoms with Crippen molar-refractivity contribution in [2.24, 2.45) is 0 Å². The van der Waals surface area contributed by atoms with Crippen LogP contribution in [0.5, 0.6) is 0 Å². The molecule has 0 spiro atoms. The first-order valence-corrected chi connectivity index (χ1v) is 5.44. The van der Waals surface area contributed by atoms with Gasteiger partial charge in [-0.25, -0.2) is 0 Å². The molecular weight excluding hydrogens is 182 g/mol. The maximum Gasteiger partial charge on any atom is 0.0242 e. The molecule has 1 rings (SSSR count). The minimum atomic E-state index is 0.185. The van der Waals surface area contributed by atoms with Gasteiger partial charge in [-0.3, -0.25) is 4.90 Å². The molecule has 15 heavy (non-hydrogen) atoms. The van der Waals surface area contributed by atoms with E-state index in [1.807, 2.05) is 6.08 Å². The van der Waals surface area contributed by atoms with Crippen LogP contribution in [0.3, 0.4) is 0 Å². The lowest BCUT2D eigenvalue weighted by Crippen LogP contribution is -2.40. The highest BCUT2D eigenvalue weighted by Gasteiger charge is 2.19. The summed E-state index contributed by atoms with van der Waals surface area (Å²) in [6.07, 6.45) is 1.97. The Morgan fingerprint density at radius 1 is 1.20 bits per heavy atom. The Balaban J connectivity index is 2.71. The zero-order chi connectivity index (χ0) is 11.3. The fourth-order valence-electron chi connectivity index (χ4n) is 1.54. The van der Waals surface area contributed by atoms with E-state index in [9.17, 15) is 0 Å². The van der Waals surface area contributed by atoms with Crippen LogP contribution in [-0.4, -0.2) is 17.0 Å². The van der Waals surface area contributed by atoms with Gasteiger partial charge in [0.1, 0.15) is 0 Å². The van der Waals surface area contributed by atoms with Crippen molar-refractivity contribution in [2.45, 2.75) is 32.9 Å². The molecule has 0 fully saturated rings. The van der Waals surface area contributed by atoms with Crippen molar-refractivity contribution in [3.8, 4) is 0 Å². The average molecular weight is 203 g/mol. The Kier molecular flexibility index (Phi) is 4.10. The summed E-state index contributed by atoms with van der Waals surface area (Å²) in [5.41, 5.74) is 1.54. The summed E-state index contributed by atoms with van der Waals surface area (Å²) in [5.74, 6) is 0. The highest BCUT2D eigenvalue weighted by molar-refractivity contribution is 5.15. The van der Waals surface area contributed by atoms with Crippen LogP contribution in [0.25, 0.3) is 0 Å². The molecule has 0 amide bonds. The summed E-state index contributed by atoms with van der Waals surface area (Å²) in [5, 5.41) is 0. The fourth-order valence-corrected chi connectivity index (χ4v) is 1.54. The number of benzene rings is 1. The second-order valence-electron chi connectivity index (χ2n) is 4.83. The first-order chi connectivity index (χ1) is 7.04. The van der Waals surface area contributed by atoms with Crippen LogP contribution < -0.4 is 0 Å². The second kappa shape index (κ2) is 5.13. The largest absolute Gasteiger partial charge is 0.291 e.